The molecule has 8 nitrogen and oxygen atoms in total. The summed E-state index contributed by atoms with van der Waals surface area (Å²) in [4.78, 5) is 26.0. The van der Waals surface area contributed by atoms with Crippen molar-refractivity contribution in [2.75, 3.05) is 12.5 Å². The standard InChI is InChI=1S/C17H19ClN2O6/c1-2-17(20-8-5-11(22)19-14(20)23)13-12(15(9-18,10-21)26-17)24-16(25-13)6-3-4-7-16/h1,5,8,12-13,21H,3-4,6-7,9-10H2,(H,19,22,23)/t12-,13+,15+,17-/m0/s1. The van der Waals surface area contributed by atoms with Crippen molar-refractivity contribution in [1.82, 2.24) is 9.55 Å². The van der Waals surface area contributed by atoms with Gasteiger partial charge in [0.25, 0.3) is 5.56 Å². The zero-order chi connectivity index (χ0) is 18.6. The van der Waals surface area contributed by atoms with E-state index in [4.69, 9.17) is 32.2 Å². The minimum absolute atomic E-state index is 0.106. The van der Waals surface area contributed by atoms with Crippen molar-refractivity contribution in [2.24, 2.45) is 0 Å². The number of rotatable bonds is 3. The van der Waals surface area contributed by atoms with Crippen molar-refractivity contribution in [3.05, 3.63) is 33.1 Å². The Morgan fingerprint density at radius 3 is 2.62 bits per heavy atom. The first-order chi connectivity index (χ1) is 12.4. The Morgan fingerprint density at radius 2 is 2.04 bits per heavy atom. The van der Waals surface area contributed by atoms with Crippen molar-refractivity contribution < 1.29 is 19.3 Å². The molecule has 0 aromatic carbocycles. The van der Waals surface area contributed by atoms with E-state index < -0.39 is 47.2 Å². The summed E-state index contributed by atoms with van der Waals surface area (Å²) in [6.45, 7) is -0.460. The fourth-order valence-corrected chi connectivity index (χ4v) is 4.46. The SMILES string of the molecule is C#C[C@]1(n2ccc(=O)[nH]c2=O)O[C@@](CO)(CCl)[C@H]2OC3(CCCC3)O[C@H]21. The van der Waals surface area contributed by atoms with E-state index in [0.29, 0.717) is 12.8 Å². The smallest absolute Gasteiger partial charge is 0.331 e. The van der Waals surface area contributed by atoms with Crippen molar-refractivity contribution in [3.8, 4) is 12.3 Å². The molecule has 2 N–H and O–H groups in total. The molecule has 3 aliphatic rings. The Hall–Kier alpha value is -1.63. The van der Waals surface area contributed by atoms with E-state index >= 15 is 0 Å². The third kappa shape index (κ3) is 2.25. The van der Waals surface area contributed by atoms with Crippen LogP contribution in [0.5, 0.6) is 0 Å². The molecule has 4 rings (SSSR count). The van der Waals surface area contributed by atoms with Crippen LogP contribution in [0.25, 0.3) is 0 Å². The van der Waals surface area contributed by atoms with Gasteiger partial charge < -0.3 is 19.3 Å². The van der Waals surface area contributed by atoms with Crippen LogP contribution in [-0.4, -0.2) is 50.7 Å². The highest BCUT2D eigenvalue weighted by molar-refractivity contribution is 6.18. The van der Waals surface area contributed by atoms with Crippen molar-refractivity contribution in [2.45, 2.75) is 55.0 Å². The average molecular weight is 383 g/mol. The Bertz CT molecular complexity index is 863. The normalized spacial score (nSPS) is 37.7. The number of hydrogen-bond donors (Lipinski definition) is 2. The predicted molar refractivity (Wildman–Crippen MR) is 90.7 cm³/mol. The van der Waals surface area contributed by atoms with Crippen LogP contribution in [0.2, 0.25) is 0 Å². The lowest BCUT2D eigenvalue weighted by Gasteiger charge is -2.36. The van der Waals surface area contributed by atoms with Crippen LogP contribution < -0.4 is 11.2 Å². The number of hydrogen-bond acceptors (Lipinski definition) is 6. The van der Waals surface area contributed by atoms with Gasteiger partial charge in [-0.2, -0.15) is 0 Å². The molecule has 0 amide bonds. The molecule has 2 saturated heterocycles. The largest absolute Gasteiger partial charge is 0.393 e. The minimum atomic E-state index is -1.70. The number of ether oxygens (including phenoxy) is 3. The number of fused-ring (bicyclic) bond motifs is 1. The quantitative estimate of drug-likeness (QED) is 0.558. The summed E-state index contributed by atoms with van der Waals surface area (Å²) in [5.74, 6) is 1.57. The van der Waals surface area contributed by atoms with E-state index in [0.717, 1.165) is 17.4 Å². The van der Waals surface area contributed by atoms with Crippen LogP contribution in [0.1, 0.15) is 25.7 Å². The number of nitrogens with one attached hydrogen (secondary N) is 1. The van der Waals surface area contributed by atoms with Gasteiger partial charge in [0, 0.05) is 25.1 Å². The fourth-order valence-electron chi connectivity index (χ4n) is 4.17. The van der Waals surface area contributed by atoms with Crippen molar-refractivity contribution in [3.63, 3.8) is 0 Å². The molecule has 9 heteroatoms. The van der Waals surface area contributed by atoms with Gasteiger partial charge in [-0.15, -0.1) is 18.0 Å². The van der Waals surface area contributed by atoms with E-state index in [9.17, 15) is 14.7 Å². The van der Waals surface area contributed by atoms with Gasteiger partial charge in [-0.25, -0.2) is 4.79 Å². The molecule has 1 aromatic rings. The first-order valence-electron chi connectivity index (χ1n) is 8.47. The lowest BCUT2D eigenvalue weighted by Crippen LogP contribution is -2.51. The number of nitrogens with zero attached hydrogens (tertiary/aromatic N) is 1. The number of H-pyrrole nitrogens is 1. The lowest BCUT2D eigenvalue weighted by molar-refractivity contribution is -0.251. The van der Waals surface area contributed by atoms with Crippen LogP contribution >= 0.6 is 11.6 Å². The highest BCUT2D eigenvalue weighted by Crippen LogP contribution is 2.54. The maximum absolute atomic E-state index is 12.4. The minimum Gasteiger partial charge on any atom is -0.393 e. The second-order valence-corrected chi connectivity index (χ2v) is 7.24. The topological polar surface area (TPSA) is 103 Å². The Labute approximate surface area is 154 Å². The molecule has 1 aromatic heterocycles. The summed E-state index contributed by atoms with van der Waals surface area (Å²) >= 11 is 6.13. The predicted octanol–water partition coefficient (Wildman–Crippen LogP) is -0.123. The molecule has 1 spiro atoms. The first kappa shape index (κ1) is 17.8. The van der Waals surface area contributed by atoms with Gasteiger partial charge in [0.05, 0.1) is 12.5 Å². The number of aliphatic hydroxyl groups excluding tert-OH is 1. The summed E-state index contributed by atoms with van der Waals surface area (Å²) in [7, 11) is 0. The molecule has 140 valence electrons. The molecule has 0 radical (unpaired) electrons. The Balaban J connectivity index is 1.88. The molecular formula is C17H19ClN2O6. The van der Waals surface area contributed by atoms with Gasteiger partial charge in [-0.1, -0.05) is 0 Å². The number of aliphatic hydroxyl groups is 1. The monoisotopic (exact) mass is 382 g/mol. The molecule has 4 atom stereocenters. The summed E-state index contributed by atoms with van der Waals surface area (Å²) in [6, 6.07) is 1.17. The van der Waals surface area contributed by atoms with Gasteiger partial charge in [0.15, 0.2) is 11.9 Å². The third-order valence-corrected chi connectivity index (χ3v) is 5.92. The molecule has 2 aliphatic heterocycles. The van der Waals surface area contributed by atoms with E-state index in [1.165, 1.54) is 12.3 Å². The van der Waals surface area contributed by atoms with Crippen LogP contribution in [0, 0.1) is 12.3 Å². The first-order valence-corrected chi connectivity index (χ1v) is 9.01. The van der Waals surface area contributed by atoms with E-state index in [-0.39, 0.29) is 5.88 Å². The summed E-state index contributed by atoms with van der Waals surface area (Å²) < 4.78 is 19.6. The summed E-state index contributed by atoms with van der Waals surface area (Å²) in [5, 5.41) is 10.0. The molecule has 26 heavy (non-hydrogen) atoms. The van der Waals surface area contributed by atoms with Crippen LogP contribution in [-0.2, 0) is 19.9 Å². The van der Waals surface area contributed by atoms with Crippen LogP contribution in [0.3, 0.4) is 0 Å². The molecule has 1 aliphatic carbocycles. The summed E-state index contributed by atoms with van der Waals surface area (Å²) in [5.41, 5.74) is -4.33. The number of aromatic nitrogens is 2. The summed E-state index contributed by atoms with van der Waals surface area (Å²) in [6.07, 6.45) is 8.68. The fraction of sp³-hybridized carbons (Fsp3) is 0.647. The van der Waals surface area contributed by atoms with Gasteiger partial charge in [-0.3, -0.25) is 14.3 Å². The zero-order valence-electron chi connectivity index (χ0n) is 13.9. The van der Waals surface area contributed by atoms with Gasteiger partial charge in [-0.05, 0) is 18.8 Å². The number of terminal acetylenes is 1. The van der Waals surface area contributed by atoms with Gasteiger partial charge in [0.2, 0.25) is 5.72 Å². The van der Waals surface area contributed by atoms with E-state index in [1.807, 2.05) is 0 Å². The second kappa shape index (κ2) is 5.94. The molecule has 3 fully saturated rings. The Morgan fingerprint density at radius 1 is 1.35 bits per heavy atom. The van der Waals surface area contributed by atoms with Crippen molar-refractivity contribution >= 4 is 11.6 Å². The molecule has 3 heterocycles. The number of aromatic amines is 1. The number of halogens is 1. The van der Waals surface area contributed by atoms with Crippen LogP contribution in [0.15, 0.2) is 21.9 Å². The lowest BCUT2D eigenvalue weighted by atomic mass is 9.95. The molecule has 1 saturated carbocycles. The molecule has 0 unspecified atom stereocenters. The zero-order valence-corrected chi connectivity index (χ0v) is 14.7. The average Bonchev–Trinajstić information content (AvgIpc) is 3.31. The van der Waals surface area contributed by atoms with Crippen molar-refractivity contribution in [1.29, 1.82) is 0 Å². The maximum Gasteiger partial charge on any atom is 0.331 e. The van der Waals surface area contributed by atoms with Gasteiger partial charge in [0.1, 0.15) is 11.7 Å². The van der Waals surface area contributed by atoms with E-state index in [1.54, 1.807) is 0 Å². The second-order valence-electron chi connectivity index (χ2n) is 6.97. The Kier molecular flexibility index (Phi) is 4.06. The number of alkyl halides is 1. The molecule has 0 bridgehead atoms. The third-order valence-electron chi connectivity index (χ3n) is 5.47. The highest BCUT2D eigenvalue weighted by atomic mass is 35.5. The van der Waals surface area contributed by atoms with Crippen LogP contribution in [0.4, 0.5) is 0 Å². The molecular weight excluding hydrogens is 364 g/mol. The van der Waals surface area contributed by atoms with E-state index in [2.05, 4.69) is 10.9 Å². The maximum atomic E-state index is 12.4. The highest BCUT2D eigenvalue weighted by Gasteiger charge is 2.71. The van der Waals surface area contributed by atoms with Gasteiger partial charge >= 0.3 is 5.69 Å².